The second-order valence-electron chi connectivity index (χ2n) is 4.17. The first kappa shape index (κ1) is 14.0. The predicted octanol–water partition coefficient (Wildman–Crippen LogP) is 2.19. The first-order valence-electron chi connectivity index (χ1n) is 6.04. The minimum Gasteiger partial charge on any atom is -0.305 e. The number of carbonyl (C=O) groups excluding carboxylic acids is 1. The summed E-state index contributed by atoms with van der Waals surface area (Å²) in [5.41, 5.74) is 1.90. The summed E-state index contributed by atoms with van der Waals surface area (Å²) >= 11 is 4.87. The molecule has 1 saturated heterocycles. The summed E-state index contributed by atoms with van der Waals surface area (Å²) < 4.78 is 2.84. The van der Waals surface area contributed by atoms with Gasteiger partial charge in [0.1, 0.15) is 0 Å². The third-order valence-corrected chi connectivity index (χ3v) is 4.19. The Balaban J connectivity index is 1.75. The zero-order chi connectivity index (χ0) is 14.7. The Bertz CT molecular complexity index is 726. The topological polar surface area (TPSA) is 71.6 Å². The molecule has 0 unspecified atom stereocenters. The van der Waals surface area contributed by atoms with Crippen LogP contribution in [-0.2, 0) is 4.79 Å². The fraction of sp³-hybridized carbons (Fsp3) is 0.0769. The number of nitrogens with zero attached hydrogens (tertiary/aromatic N) is 4. The molecule has 1 fully saturated rings. The maximum Gasteiger partial charge on any atom is 0.236 e. The summed E-state index contributed by atoms with van der Waals surface area (Å²) in [7, 11) is 0. The Morgan fingerprint density at radius 2 is 2.38 bits per heavy atom. The molecule has 2 heterocycles. The molecular weight excluding hydrogens is 354 g/mol. The number of nitrogens with one attached hydrogen (secondary N) is 1. The van der Waals surface area contributed by atoms with Crippen molar-refractivity contribution in [3.05, 3.63) is 47.0 Å². The van der Waals surface area contributed by atoms with Gasteiger partial charge in [-0.2, -0.15) is 5.10 Å². The number of aromatic nitrogens is 2. The Labute approximate surface area is 133 Å². The van der Waals surface area contributed by atoms with Crippen LogP contribution >= 0.6 is 27.7 Å². The molecular formula is C13H10BrN5OS. The third-order valence-electron chi connectivity index (χ3n) is 2.70. The SMILES string of the molecule is O=C1CSC(=NN=Cc2ccc(-n3ccnc3)c(Br)c2)N1. The van der Waals surface area contributed by atoms with E-state index in [4.69, 9.17) is 0 Å². The van der Waals surface area contributed by atoms with Crippen LogP contribution in [0.3, 0.4) is 0 Å². The van der Waals surface area contributed by atoms with Gasteiger partial charge in [0.25, 0.3) is 0 Å². The summed E-state index contributed by atoms with van der Waals surface area (Å²) in [5, 5.41) is 11.1. The zero-order valence-corrected chi connectivity index (χ0v) is 13.1. The molecule has 8 heteroatoms. The van der Waals surface area contributed by atoms with Gasteiger partial charge < -0.3 is 9.88 Å². The van der Waals surface area contributed by atoms with Crippen LogP contribution in [0.5, 0.6) is 0 Å². The van der Waals surface area contributed by atoms with Crippen LogP contribution in [0.15, 0.2) is 51.6 Å². The molecule has 1 aromatic heterocycles. The van der Waals surface area contributed by atoms with E-state index in [1.165, 1.54) is 11.8 Å². The second-order valence-corrected chi connectivity index (χ2v) is 5.99. The number of benzene rings is 1. The monoisotopic (exact) mass is 363 g/mol. The second kappa shape index (κ2) is 6.23. The van der Waals surface area contributed by atoms with Crippen LogP contribution in [0, 0.1) is 0 Å². The minimum atomic E-state index is -0.0404. The van der Waals surface area contributed by atoms with Crippen molar-refractivity contribution in [2.45, 2.75) is 0 Å². The molecule has 0 radical (unpaired) electrons. The Morgan fingerprint density at radius 3 is 3.05 bits per heavy atom. The third kappa shape index (κ3) is 3.40. The number of hydrogen-bond acceptors (Lipinski definition) is 5. The lowest BCUT2D eigenvalue weighted by Gasteiger charge is -2.05. The van der Waals surface area contributed by atoms with Crippen LogP contribution in [0.1, 0.15) is 5.56 Å². The molecule has 21 heavy (non-hydrogen) atoms. The number of carbonyl (C=O) groups is 1. The van der Waals surface area contributed by atoms with E-state index in [0.717, 1.165) is 15.7 Å². The summed E-state index contributed by atoms with van der Waals surface area (Å²) in [6.45, 7) is 0. The summed E-state index contributed by atoms with van der Waals surface area (Å²) in [5.74, 6) is 0.362. The van der Waals surface area contributed by atoms with Crippen molar-refractivity contribution in [1.29, 1.82) is 0 Å². The van der Waals surface area contributed by atoms with E-state index in [1.54, 1.807) is 18.7 Å². The molecule has 1 aromatic carbocycles. The van der Waals surface area contributed by atoms with Gasteiger partial charge in [-0.3, -0.25) is 4.79 Å². The van der Waals surface area contributed by atoms with Crippen molar-refractivity contribution < 1.29 is 4.79 Å². The Morgan fingerprint density at radius 1 is 1.48 bits per heavy atom. The molecule has 1 aliphatic heterocycles. The molecule has 0 bridgehead atoms. The van der Waals surface area contributed by atoms with Crippen molar-refractivity contribution in [3.8, 4) is 5.69 Å². The number of amidine groups is 1. The highest BCUT2D eigenvalue weighted by Gasteiger charge is 2.15. The highest BCUT2D eigenvalue weighted by atomic mass is 79.9. The van der Waals surface area contributed by atoms with Gasteiger partial charge in [0, 0.05) is 16.9 Å². The summed E-state index contributed by atoms with van der Waals surface area (Å²) in [6.07, 6.45) is 6.98. The van der Waals surface area contributed by atoms with E-state index in [-0.39, 0.29) is 5.91 Å². The zero-order valence-electron chi connectivity index (χ0n) is 10.7. The van der Waals surface area contributed by atoms with Crippen molar-refractivity contribution in [2.24, 2.45) is 10.2 Å². The summed E-state index contributed by atoms with van der Waals surface area (Å²) in [4.78, 5) is 15.0. The first-order valence-corrected chi connectivity index (χ1v) is 7.82. The molecule has 106 valence electrons. The molecule has 0 spiro atoms. The van der Waals surface area contributed by atoms with E-state index >= 15 is 0 Å². The van der Waals surface area contributed by atoms with E-state index in [2.05, 4.69) is 36.4 Å². The van der Waals surface area contributed by atoms with Gasteiger partial charge in [0.15, 0.2) is 5.17 Å². The summed E-state index contributed by atoms with van der Waals surface area (Å²) in [6, 6.07) is 5.84. The number of hydrogen-bond donors (Lipinski definition) is 1. The maximum atomic E-state index is 11.0. The number of rotatable bonds is 3. The highest BCUT2D eigenvalue weighted by Crippen LogP contribution is 2.21. The molecule has 2 aromatic rings. The van der Waals surface area contributed by atoms with Crippen molar-refractivity contribution in [1.82, 2.24) is 14.9 Å². The van der Waals surface area contributed by atoms with E-state index < -0.39 is 0 Å². The van der Waals surface area contributed by atoms with Crippen molar-refractivity contribution >= 4 is 45.0 Å². The van der Waals surface area contributed by atoms with Gasteiger partial charge in [0.05, 0.1) is 24.0 Å². The first-order chi connectivity index (χ1) is 10.2. The maximum absolute atomic E-state index is 11.0. The quantitative estimate of drug-likeness (QED) is 0.670. The molecule has 1 aliphatic rings. The van der Waals surface area contributed by atoms with Gasteiger partial charge in [-0.25, -0.2) is 4.98 Å². The average molecular weight is 364 g/mol. The molecule has 0 aliphatic carbocycles. The Hall–Kier alpha value is -1.93. The van der Waals surface area contributed by atoms with Gasteiger partial charge in [0.2, 0.25) is 5.91 Å². The largest absolute Gasteiger partial charge is 0.305 e. The van der Waals surface area contributed by atoms with Crippen molar-refractivity contribution in [2.75, 3.05) is 5.75 Å². The van der Waals surface area contributed by atoms with E-state index in [9.17, 15) is 4.79 Å². The van der Waals surface area contributed by atoms with Crippen LogP contribution < -0.4 is 5.32 Å². The highest BCUT2D eigenvalue weighted by molar-refractivity contribution is 9.10. The number of imidazole rings is 1. The normalized spacial score (nSPS) is 16.8. The average Bonchev–Trinajstić information content (AvgIpc) is 3.11. The minimum absolute atomic E-state index is 0.0404. The van der Waals surface area contributed by atoms with Crippen LogP contribution in [0.4, 0.5) is 0 Å². The van der Waals surface area contributed by atoms with Gasteiger partial charge in [-0.05, 0) is 33.6 Å². The van der Waals surface area contributed by atoms with Gasteiger partial charge in [-0.1, -0.05) is 17.8 Å². The molecule has 3 rings (SSSR count). The standard InChI is InChI=1S/C13H10BrN5OS/c14-10-5-9(1-2-11(10)19-4-3-15-8-19)6-16-18-13-17-12(20)7-21-13/h1-6,8H,7H2,(H,17,18,20). The van der Waals surface area contributed by atoms with Crippen LogP contribution in [0.2, 0.25) is 0 Å². The van der Waals surface area contributed by atoms with Crippen LogP contribution in [-0.4, -0.2) is 32.6 Å². The molecule has 0 saturated carbocycles. The molecule has 6 nitrogen and oxygen atoms in total. The lowest BCUT2D eigenvalue weighted by molar-refractivity contribution is -0.116. The van der Waals surface area contributed by atoms with E-state index in [1.807, 2.05) is 29.0 Å². The lowest BCUT2D eigenvalue weighted by atomic mass is 10.2. The van der Waals surface area contributed by atoms with E-state index in [0.29, 0.717) is 10.9 Å². The predicted molar refractivity (Wildman–Crippen MR) is 86.9 cm³/mol. The number of thioether (sulfide) groups is 1. The van der Waals surface area contributed by atoms with Crippen LogP contribution in [0.25, 0.3) is 5.69 Å². The molecule has 1 amide bonds. The Kier molecular flexibility index (Phi) is 4.16. The van der Waals surface area contributed by atoms with Gasteiger partial charge in [-0.15, -0.1) is 5.10 Å². The lowest BCUT2D eigenvalue weighted by Crippen LogP contribution is -2.19. The fourth-order valence-corrected chi connectivity index (χ4v) is 2.97. The van der Waals surface area contributed by atoms with Crippen molar-refractivity contribution in [3.63, 3.8) is 0 Å². The fourth-order valence-electron chi connectivity index (χ4n) is 1.74. The molecule has 0 atom stereocenters. The number of halogens is 1. The number of amides is 1. The molecule has 1 N–H and O–H groups in total. The smallest absolute Gasteiger partial charge is 0.236 e. The van der Waals surface area contributed by atoms with Gasteiger partial charge >= 0.3 is 0 Å².